The van der Waals surface area contributed by atoms with Crippen LogP contribution in [-0.4, -0.2) is 18.7 Å². The fourth-order valence-corrected chi connectivity index (χ4v) is 3.07. The molecule has 0 spiro atoms. The highest BCUT2D eigenvalue weighted by molar-refractivity contribution is 5.86. The van der Waals surface area contributed by atoms with Gasteiger partial charge in [-0.25, -0.2) is 0 Å². The Hall–Kier alpha value is -2.16. The lowest BCUT2D eigenvalue weighted by Crippen LogP contribution is -2.23. The molecule has 2 nitrogen and oxygen atoms in total. The third kappa shape index (κ3) is 2.89. The van der Waals surface area contributed by atoms with Crippen LogP contribution in [0.15, 0.2) is 72.8 Å². The lowest BCUT2D eigenvalue weighted by Gasteiger charge is -2.25. The average Bonchev–Trinajstić information content (AvgIpc) is 2.59. The molecule has 0 radical (unpaired) electrons. The molecule has 0 aromatic heterocycles. The Morgan fingerprint density at radius 2 is 1.55 bits per heavy atom. The maximum absolute atomic E-state index is 10.9. The van der Waals surface area contributed by atoms with E-state index in [9.17, 15) is 5.11 Å². The Balaban J connectivity index is 2.07. The largest absolute Gasteiger partial charge is 0.388 e. The van der Waals surface area contributed by atoms with Crippen molar-refractivity contribution in [3.05, 3.63) is 83.9 Å². The maximum atomic E-state index is 10.9. The molecule has 0 aliphatic heterocycles. The molecule has 22 heavy (non-hydrogen) atoms. The highest BCUT2D eigenvalue weighted by Crippen LogP contribution is 2.34. The second-order valence-corrected chi connectivity index (χ2v) is 5.59. The van der Waals surface area contributed by atoms with Gasteiger partial charge in [0, 0.05) is 12.5 Å². The molecule has 0 aliphatic rings. The minimum Gasteiger partial charge on any atom is -0.388 e. The topological polar surface area (TPSA) is 32.3 Å². The molecule has 0 saturated carbocycles. The van der Waals surface area contributed by atoms with E-state index in [1.807, 2.05) is 43.4 Å². The first-order valence-corrected chi connectivity index (χ1v) is 7.66. The van der Waals surface area contributed by atoms with E-state index in [1.165, 1.54) is 16.3 Å². The third-order valence-electron chi connectivity index (χ3n) is 4.17. The van der Waals surface area contributed by atoms with Crippen LogP contribution >= 0.6 is 0 Å². The fourth-order valence-electron chi connectivity index (χ4n) is 3.07. The van der Waals surface area contributed by atoms with Gasteiger partial charge in [-0.3, -0.25) is 0 Å². The monoisotopic (exact) mass is 291 g/mol. The molecular formula is C20H21NO. The van der Waals surface area contributed by atoms with Crippen LogP contribution in [0.1, 0.15) is 23.1 Å². The molecule has 0 fully saturated rings. The zero-order valence-electron chi connectivity index (χ0n) is 12.7. The summed E-state index contributed by atoms with van der Waals surface area (Å²) in [5.74, 6) is 0.0125. The molecule has 2 heteroatoms. The van der Waals surface area contributed by atoms with Crippen molar-refractivity contribution in [2.45, 2.75) is 12.0 Å². The van der Waals surface area contributed by atoms with Crippen LogP contribution in [0.4, 0.5) is 0 Å². The zero-order chi connectivity index (χ0) is 15.4. The number of hydrogen-bond acceptors (Lipinski definition) is 2. The van der Waals surface area contributed by atoms with Crippen LogP contribution in [0.2, 0.25) is 0 Å². The first-order valence-electron chi connectivity index (χ1n) is 7.66. The first-order chi connectivity index (χ1) is 10.8. The fraction of sp³-hybridized carbons (Fsp3) is 0.200. The van der Waals surface area contributed by atoms with E-state index in [4.69, 9.17) is 0 Å². The predicted octanol–water partition coefficient (Wildman–Crippen LogP) is 3.88. The van der Waals surface area contributed by atoms with E-state index in [0.29, 0.717) is 0 Å². The standard InChI is InChI=1S/C20H21NO/c1-21-14-19(20(22)16-9-3-2-4-10-16)18-13-7-11-15-8-5-6-12-17(15)18/h2-13,19-22H,14H2,1H3/t19-,20-/m0/s1. The van der Waals surface area contributed by atoms with Gasteiger partial charge in [-0.2, -0.15) is 0 Å². The van der Waals surface area contributed by atoms with Gasteiger partial charge in [-0.15, -0.1) is 0 Å². The highest BCUT2D eigenvalue weighted by atomic mass is 16.3. The second kappa shape index (κ2) is 6.73. The van der Waals surface area contributed by atoms with Crippen LogP contribution in [0.5, 0.6) is 0 Å². The van der Waals surface area contributed by atoms with Gasteiger partial charge in [-0.05, 0) is 28.9 Å². The van der Waals surface area contributed by atoms with Crippen LogP contribution in [-0.2, 0) is 0 Å². The van der Waals surface area contributed by atoms with Gasteiger partial charge in [0.15, 0.2) is 0 Å². The smallest absolute Gasteiger partial charge is 0.0870 e. The Kier molecular flexibility index (Phi) is 4.52. The van der Waals surface area contributed by atoms with E-state index in [2.05, 4.69) is 41.7 Å². The van der Waals surface area contributed by atoms with Crippen molar-refractivity contribution in [3.8, 4) is 0 Å². The molecule has 3 aromatic carbocycles. The summed E-state index contributed by atoms with van der Waals surface area (Å²) in [5, 5.41) is 16.5. The van der Waals surface area contributed by atoms with Gasteiger partial charge in [-0.1, -0.05) is 72.8 Å². The van der Waals surface area contributed by atoms with Crippen molar-refractivity contribution < 1.29 is 5.11 Å². The quantitative estimate of drug-likeness (QED) is 0.748. The SMILES string of the molecule is CNC[C@@H](c1cccc2ccccc12)[C@@H](O)c1ccccc1. The van der Waals surface area contributed by atoms with Gasteiger partial charge in [0.25, 0.3) is 0 Å². The summed E-state index contributed by atoms with van der Waals surface area (Å²) in [4.78, 5) is 0. The number of benzene rings is 3. The van der Waals surface area contributed by atoms with E-state index in [0.717, 1.165) is 12.1 Å². The predicted molar refractivity (Wildman–Crippen MR) is 92.0 cm³/mol. The van der Waals surface area contributed by atoms with Crippen molar-refractivity contribution in [3.63, 3.8) is 0 Å². The Morgan fingerprint density at radius 1 is 0.864 bits per heavy atom. The minimum atomic E-state index is -0.528. The average molecular weight is 291 g/mol. The molecule has 0 unspecified atom stereocenters. The van der Waals surface area contributed by atoms with Crippen molar-refractivity contribution in [2.75, 3.05) is 13.6 Å². The molecule has 3 rings (SSSR count). The molecule has 0 amide bonds. The van der Waals surface area contributed by atoms with Gasteiger partial charge in [0.1, 0.15) is 0 Å². The third-order valence-corrected chi connectivity index (χ3v) is 4.17. The lowest BCUT2D eigenvalue weighted by atomic mass is 9.86. The summed E-state index contributed by atoms with van der Waals surface area (Å²) in [5.41, 5.74) is 2.14. The van der Waals surface area contributed by atoms with E-state index in [1.54, 1.807) is 0 Å². The molecule has 2 atom stereocenters. The van der Waals surface area contributed by atoms with Crippen LogP contribution in [0, 0.1) is 0 Å². The molecule has 0 aliphatic carbocycles. The first kappa shape index (κ1) is 14.8. The molecule has 0 heterocycles. The molecule has 3 aromatic rings. The van der Waals surface area contributed by atoms with E-state index < -0.39 is 6.10 Å². The van der Waals surface area contributed by atoms with Crippen LogP contribution < -0.4 is 5.32 Å². The Labute approximate surface area is 131 Å². The van der Waals surface area contributed by atoms with Gasteiger partial charge in [0.2, 0.25) is 0 Å². The number of rotatable bonds is 5. The highest BCUT2D eigenvalue weighted by Gasteiger charge is 2.23. The second-order valence-electron chi connectivity index (χ2n) is 5.59. The number of hydrogen-bond donors (Lipinski definition) is 2. The van der Waals surface area contributed by atoms with Gasteiger partial charge in [0.05, 0.1) is 6.10 Å². The molecule has 112 valence electrons. The zero-order valence-corrected chi connectivity index (χ0v) is 12.7. The number of aliphatic hydroxyl groups excluding tert-OH is 1. The number of likely N-dealkylation sites (N-methyl/N-ethyl adjacent to an activating group) is 1. The molecule has 2 N–H and O–H groups in total. The Morgan fingerprint density at radius 3 is 2.32 bits per heavy atom. The van der Waals surface area contributed by atoms with E-state index in [-0.39, 0.29) is 5.92 Å². The number of nitrogens with one attached hydrogen (secondary N) is 1. The lowest BCUT2D eigenvalue weighted by molar-refractivity contribution is 0.145. The summed E-state index contributed by atoms with van der Waals surface area (Å²) in [7, 11) is 1.93. The summed E-state index contributed by atoms with van der Waals surface area (Å²) >= 11 is 0. The summed E-state index contributed by atoms with van der Waals surface area (Å²) in [6.07, 6.45) is -0.528. The summed E-state index contributed by atoms with van der Waals surface area (Å²) < 4.78 is 0. The molecule has 0 bridgehead atoms. The summed E-state index contributed by atoms with van der Waals surface area (Å²) in [6.45, 7) is 0.726. The van der Waals surface area contributed by atoms with Crippen LogP contribution in [0.25, 0.3) is 10.8 Å². The maximum Gasteiger partial charge on any atom is 0.0870 e. The summed E-state index contributed by atoms with van der Waals surface area (Å²) in [6, 6.07) is 24.5. The normalized spacial score (nSPS) is 13.9. The van der Waals surface area contributed by atoms with E-state index >= 15 is 0 Å². The number of fused-ring (bicyclic) bond motifs is 1. The van der Waals surface area contributed by atoms with Crippen molar-refractivity contribution in [2.24, 2.45) is 0 Å². The van der Waals surface area contributed by atoms with Gasteiger partial charge < -0.3 is 10.4 Å². The van der Waals surface area contributed by atoms with Crippen molar-refractivity contribution in [1.82, 2.24) is 5.32 Å². The van der Waals surface area contributed by atoms with Crippen molar-refractivity contribution in [1.29, 1.82) is 0 Å². The van der Waals surface area contributed by atoms with Crippen LogP contribution in [0.3, 0.4) is 0 Å². The minimum absolute atomic E-state index is 0.0125. The van der Waals surface area contributed by atoms with Crippen molar-refractivity contribution >= 4 is 10.8 Å². The number of aliphatic hydroxyl groups is 1. The molecular weight excluding hydrogens is 270 g/mol. The van der Waals surface area contributed by atoms with Gasteiger partial charge >= 0.3 is 0 Å². The molecule has 0 saturated heterocycles. The Bertz CT molecular complexity index is 734.